The first-order valence-electron chi connectivity index (χ1n) is 6.15. The minimum absolute atomic E-state index is 0.0604. The molecule has 0 aliphatic rings. The monoisotopic (exact) mass is 295 g/mol. The molecule has 110 valence electrons. The number of aromatic nitrogens is 1. The van der Waals surface area contributed by atoms with Gasteiger partial charge in [-0.25, -0.2) is 0 Å². The molecule has 1 aromatic rings. The Labute approximate surface area is 123 Å². The van der Waals surface area contributed by atoms with E-state index in [4.69, 9.17) is 10.5 Å². The molecular weight excluding hydrogens is 274 g/mol. The van der Waals surface area contributed by atoms with Crippen LogP contribution in [0.2, 0.25) is 0 Å². The van der Waals surface area contributed by atoms with Crippen molar-refractivity contribution in [2.24, 2.45) is 16.1 Å². The molecule has 0 aromatic carbocycles. The molecule has 0 spiro atoms. The van der Waals surface area contributed by atoms with E-state index >= 15 is 0 Å². The average molecular weight is 295 g/mol. The quantitative estimate of drug-likeness (QED) is 0.624. The van der Waals surface area contributed by atoms with Gasteiger partial charge in [-0.15, -0.1) is 11.3 Å². The van der Waals surface area contributed by atoms with Gasteiger partial charge in [0.1, 0.15) is 12.2 Å². The standard InChI is InChI=1S/C14H21N3O2S/c1-5-16-7-11(6-15)19-9-14(18,13(2,3)4)12-8-17-10-20-12/h5-8,10,18H,1,9,15H2,2-4H3/b11-6+,16-7?. The summed E-state index contributed by atoms with van der Waals surface area (Å²) in [6.07, 6.45) is 5.78. The summed E-state index contributed by atoms with van der Waals surface area (Å²) in [6.45, 7) is 9.37. The summed E-state index contributed by atoms with van der Waals surface area (Å²) in [4.78, 5) is 8.62. The Kier molecular flexibility index (Phi) is 5.47. The summed E-state index contributed by atoms with van der Waals surface area (Å²) in [5.74, 6) is 0.372. The molecule has 0 saturated carbocycles. The first-order chi connectivity index (χ1) is 9.35. The zero-order valence-corrected chi connectivity index (χ0v) is 12.9. The third kappa shape index (κ3) is 3.68. The lowest BCUT2D eigenvalue weighted by atomic mass is 9.76. The molecule has 1 atom stereocenters. The predicted octanol–water partition coefficient (Wildman–Crippen LogP) is 2.41. The number of thiazole rings is 1. The van der Waals surface area contributed by atoms with E-state index in [0.717, 1.165) is 4.88 Å². The molecule has 0 saturated heterocycles. The van der Waals surface area contributed by atoms with Crippen LogP contribution in [0.1, 0.15) is 25.6 Å². The SMILES string of the molecule is C=CN=C/C(=C\N)OCC(O)(c1cncs1)C(C)(C)C. The second-order valence-electron chi connectivity index (χ2n) is 5.29. The van der Waals surface area contributed by atoms with Crippen LogP contribution in [-0.2, 0) is 10.3 Å². The van der Waals surface area contributed by atoms with Crippen molar-refractivity contribution in [3.8, 4) is 0 Å². The number of aliphatic hydroxyl groups is 1. The lowest BCUT2D eigenvalue weighted by Gasteiger charge is -2.38. The van der Waals surface area contributed by atoms with Crippen LogP contribution in [-0.4, -0.2) is 22.9 Å². The van der Waals surface area contributed by atoms with Crippen LogP contribution in [0.4, 0.5) is 0 Å². The topological polar surface area (TPSA) is 80.7 Å². The van der Waals surface area contributed by atoms with E-state index in [1.54, 1.807) is 11.7 Å². The maximum absolute atomic E-state index is 11.0. The first kappa shape index (κ1) is 16.4. The van der Waals surface area contributed by atoms with E-state index in [9.17, 15) is 5.11 Å². The summed E-state index contributed by atoms with van der Waals surface area (Å²) in [6, 6.07) is 0. The molecule has 5 nitrogen and oxygen atoms in total. The van der Waals surface area contributed by atoms with E-state index in [1.807, 2.05) is 20.8 Å². The van der Waals surface area contributed by atoms with Gasteiger partial charge in [-0.2, -0.15) is 0 Å². The third-order valence-corrected chi connectivity index (χ3v) is 3.92. The minimum atomic E-state index is -1.16. The van der Waals surface area contributed by atoms with Gasteiger partial charge in [0.2, 0.25) is 0 Å². The highest BCUT2D eigenvalue weighted by atomic mass is 32.1. The molecule has 3 N–H and O–H groups in total. The molecule has 0 aliphatic carbocycles. The van der Waals surface area contributed by atoms with Crippen molar-refractivity contribution in [2.75, 3.05) is 6.61 Å². The largest absolute Gasteiger partial charge is 0.487 e. The maximum atomic E-state index is 11.0. The number of aliphatic imine (C=N–C) groups is 1. The van der Waals surface area contributed by atoms with Gasteiger partial charge in [0, 0.05) is 18.6 Å². The number of nitrogens with two attached hydrogens (primary N) is 1. The number of hydrogen-bond acceptors (Lipinski definition) is 6. The van der Waals surface area contributed by atoms with E-state index < -0.39 is 11.0 Å². The van der Waals surface area contributed by atoms with Gasteiger partial charge in [-0.3, -0.25) is 9.98 Å². The van der Waals surface area contributed by atoms with E-state index in [-0.39, 0.29) is 6.61 Å². The fraction of sp³-hybridized carbons (Fsp3) is 0.429. The Morgan fingerprint density at radius 3 is 2.75 bits per heavy atom. The number of hydrogen-bond donors (Lipinski definition) is 2. The molecule has 0 bridgehead atoms. The van der Waals surface area contributed by atoms with Crippen LogP contribution < -0.4 is 5.73 Å². The molecule has 0 amide bonds. The normalized spacial score (nSPS) is 16.1. The Balaban J connectivity index is 2.93. The fourth-order valence-corrected chi connectivity index (χ4v) is 2.44. The second kappa shape index (κ2) is 6.67. The fourth-order valence-electron chi connectivity index (χ4n) is 1.52. The van der Waals surface area contributed by atoms with E-state index in [2.05, 4.69) is 16.6 Å². The van der Waals surface area contributed by atoms with Gasteiger partial charge in [-0.1, -0.05) is 27.4 Å². The number of allylic oxidation sites excluding steroid dienone is 1. The summed E-state index contributed by atoms with van der Waals surface area (Å²) >= 11 is 1.39. The van der Waals surface area contributed by atoms with Gasteiger partial charge in [0.05, 0.1) is 16.6 Å². The van der Waals surface area contributed by atoms with E-state index in [1.165, 1.54) is 30.0 Å². The Morgan fingerprint density at radius 1 is 1.60 bits per heavy atom. The van der Waals surface area contributed by atoms with Crippen molar-refractivity contribution < 1.29 is 9.84 Å². The zero-order chi connectivity index (χ0) is 15.2. The van der Waals surface area contributed by atoms with Gasteiger partial charge in [-0.05, 0) is 5.41 Å². The molecule has 1 unspecified atom stereocenters. The zero-order valence-electron chi connectivity index (χ0n) is 12.0. The highest BCUT2D eigenvalue weighted by Crippen LogP contribution is 2.41. The van der Waals surface area contributed by atoms with Gasteiger partial charge < -0.3 is 15.6 Å². The Hall–Kier alpha value is -1.66. The van der Waals surface area contributed by atoms with Crippen LogP contribution in [0.15, 0.2) is 41.4 Å². The lowest BCUT2D eigenvalue weighted by Crippen LogP contribution is -2.43. The van der Waals surface area contributed by atoms with Crippen molar-refractivity contribution in [2.45, 2.75) is 26.4 Å². The smallest absolute Gasteiger partial charge is 0.153 e. The molecule has 1 aromatic heterocycles. The molecular formula is C14H21N3O2S. The van der Waals surface area contributed by atoms with Crippen molar-refractivity contribution >= 4 is 17.6 Å². The Bertz CT molecular complexity index is 489. The number of ether oxygens (including phenoxy) is 1. The summed E-state index contributed by atoms with van der Waals surface area (Å²) in [7, 11) is 0. The van der Waals surface area contributed by atoms with Crippen LogP contribution >= 0.6 is 11.3 Å². The van der Waals surface area contributed by atoms with Crippen molar-refractivity contribution in [1.29, 1.82) is 0 Å². The van der Waals surface area contributed by atoms with Crippen LogP contribution in [0.5, 0.6) is 0 Å². The molecule has 1 heterocycles. The highest BCUT2D eigenvalue weighted by Gasteiger charge is 2.44. The van der Waals surface area contributed by atoms with Crippen LogP contribution in [0.3, 0.4) is 0 Å². The van der Waals surface area contributed by atoms with Crippen molar-refractivity contribution in [1.82, 2.24) is 4.98 Å². The minimum Gasteiger partial charge on any atom is -0.487 e. The Morgan fingerprint density at radius 2 is 2.30 bits per heavy atom. The first-order valence-corrected chi connectivity index (χ1v) is 7.03. The second-order valence-corrected chi connectivity index (χ2v) is 6.18. The highest BCUT2D eigenvalue weighted by molar-refractivity contribution is 7.09. The van der Waals surface area contributed by atoms with Crippen molar-refractivity contribution in [3.05, 3.63) is 41.3 Å². The molecule has 20 heavy (non-hydrogen) atoms. The van der Waals surface area contributed by atoms with E-state index in [0.29, 0.717) is 5.76 Å². The van der Waals surface area contributed by atoms with Crippen LogP contribution in [0.25, 0.3) is 0 Å². The molecule has 0 aliphatic heterocycles. The maximum Gasteiger partial charge on any atom is 0.153 e. The van der Waals surface area contributed by atoms with Gasteiger partial charge >= 0.3 is 0 Å². The molecule has 0 radical (unpaired) electrons. The molecule has 1 rings (SSSR count). The predicted molar refractivity (Wildman–Crippen MR) is 82.4 cm³/mol. The summed E-state index contributed by atoms with van der Waals surface area (Å²) < 4.78 is 5.58. The number of nitrogens with zero attached hydrogens (tertiary/aromatic N) is 2. The third-order valence-electron chi connectivity index (χ3n) is 3.00. The van der Waals surface area contributed by atoms with Gasteiger partial charge in [0.25, 0.3) is 0 Å². The van der Waals surface area contributed by atoms with Crippen molar-refractivity contribution in [3.63, 3.8) is 0 Å². The molecule has 0 fully saturated rings. The van der Waals surface area contributed by atoms with Gasteiger partial charge in [0.15, 0.2) is 5.76 Å². The average Bonchev–Trinajstić information content (AvgIpc) is 2.91. The summed E-state index contributed by atoms with van der Waals surface area (Å²) in [5, 5.41) is 11.0. The molecule has 6 heteroatoms. The lowest BCUT2D eigenvalue weighted by molar-refractivity contribution is -0.104. The van der Waals surface area contributed by atoms with Crippen LogP contribution in [0, 0.1) is 5.41 Å². The summed E-state index contributed by atoms with van der Waals surface area (Å²) in [5.41, 5.74) is 5.57. The number of rotatable bonds is 6.